The number of allylic oxidation sites excluding steroid dienone is 4. The van der Waals surface area contributed by atoms with Crippen LogP contribution in [0.25, 0.3) is 0 Å². The van der Waals surface area contributed by atoms with E-state index >= 15 is 0 Å². The molecule has 0 aromatic carbocycles. The summed E-state index contributed by atoms with van der Waals surface area (Å²) in [7, 11) is 0. The zero-order valence-electron chi connectivity index (χ0n) is 9.63. The summed E-state index contributed by atoms with van der Waals surface area (Å²) in [5.41, 5.74) is 1.39. The van der Waals surface area contributed by atoms with E-state index < -0.39 is 0 Å². The van der Waals surface area contributed by atoms with Crippen LogP contribution in [0.5, 0.6) is 0 Å². The monoisotopic (exact) mass is 196 g/mol. The first-order valence-electron chi connectivity index (χ1n) is 5.72. The molecule has 0 fully saturated rings. The number of unbranched alkanes of at least 4 members (excludes halogenated alkanes) is 2. The molecule has 82 valence electrons. The third kappa shape index (κ3) is 9.53. The summed E-state index contributed by atoms with van der Waals surface area (Å²) < 4.78 is 0. The second kappa shape index (κ2) is 10.5. The number of hydrogen-bond acceptors (Lipinski definition) is 1. The summed E-state index contributed by atoms with van der Waals surface area (Å²) in [6, 6.07) is 0. The van der Waals surface area contributed by atoms with E-state index in [-0.39, 0.29) is 0 Å². The molecular weight excluding hydrogens is 172 g/mol. The van der Waals surface area contributed by atoms with Gasteiger partial charge >= 0.3 is 0 Å². The molecular formula is C13H24O. The fourth-order valence-corrected chi connectivity index (χ4v) is 1.27. The third-order valence-corrected chi connectivity index (χ3v) is 2.22. The molecule has 1 N–H and O–H groups in total. The second-order valence-corrected chi connectivity index (χ2v) is 3.73. The van der Waals surface area contributed by atoms with Gasteiger partial charge in [0.05, 0.1) is 0 Å². The molecule has 0 aliphatic carbocycles. The van der Waals surface area contributed by atoms with Crippen LogP contribution in [-0.4, -0.2) is 11.7 Å². The summed E-state index contributed by atoms with van der Waals surface area (Å²) in [4.78, 5) is 0. The Hall–Kier alpha value is -0.560. The van der Waals surface area contributed by atoms with E-state index in [0.717, 1.165) is 19.3 Å². The van der Waals surface area contributed by atoms with E-state index in [4.69, 9.17) is 5.11 Å². The zero-order chi connectivity index (χ0) is 10.6. The molecule has 0 unspecified atom stereocenters. The molecule has 14 heavy (non-hydrogen) atoms. The van der Waals surface area contributed by atoms with Crippen LogP contribution in [0, 0.1) is 0 Å². The maximum absolute atomic E-state index is 8.64. The van der Waals surface area contributed by atoms with Crippen molar-refractivity contribution in [1.29, 1.82) is 0 Å². The number of rotatable bonds is 8. The van der Waals surface area contributed by atoms with Crippen molar-refractivity contribution in [3.63, 3.8) is 0 Å². The van der Waals surface area contributed by atoms with Gasteiger partial charge in [-0.05, 0) is 32.6 Å². The van der Waals surface area contributed by atoms with Crippen molar-refractivity contribution in [2.24, 2.45) is 0 Å². The van der Waals surface area contributed by atoms with Crippen molar-refractivity contribution in [2.45, 2.75) is 52.4 Å². The van der Waals surface area contributed by atoms with Gasteiger partial charge in [-0.2, -0.15) is 0 Å². The summed E-state index contributed by atoms with van der Waals surface area (Å²) in [6.45, 7) is 4.65. The minimum Gasteiger partial charge on any atom is -0.396 e. The smallest absolute Gasteiger partial charge is 0.0434 e. The van der Waals surface area contributed by atoms with Crippen LogP contribution in [-0.2, 0) is 0 Å². The maximum Gasteiger partial charge on any atom is 0.0434 e. The van der Waals surface area contributed by atoms with Crippen molar-refractivity contribution in [2.75, 3.05) is 6.61 Å². The molecule has 0 aliphatic heterocycles. The number of aliphatic hydroxyl groups excluding tert-OH is 1. The Morgan fingerprint density at radius 1 is 1.21 bits per heavy atom. The van der Waals surface area contributed by atoms with Crippen LogP contribution in [0.1, 0.15) is 52.4 Å². The maximum atomic E-state index is 8.64. The largest absolute Gasteiger partial charge is 0.396 e. The number of hydrogen-bond donors (Lipinski definition) is 1. The Balaban J connectivity index is 3.44. The highest BCUT2D eigenvalue weighted by Gasteiger charge is 1.87. The lowest BCUT2D eigenvalue weighted by molar-refractivity contribution is 0.288. The first-order valence-corrected chi connectivity index (χ1v) is 5.72. The van der Waals surface area contributed by atoms with Crippen LogP contribution < -0.4 is 0 Å². The molecule has 0 spiro atoms. The summed E-state index contributed by atoms with van der Waals surface area (Å²) >= 11 is 0. The van der Waals surface area contributed by atoms with Crippen molar-refractivity contribution < 1.29 is 5.11 Å². The highest BCUT2D eigenvalue weighted by atomic mass is 16.2. The molecule has 0 rings (SSSR count). The number of aliphatic hydroxyl groups is 1. The summed E-state index contributed by atoms with van der Waals surface area (Å²) in [5, 5.41) is 8.64. The second-order valence-electron chi connectivity index (χ2n) is 3.73. The fourth-order valence-electron chi connectivity index (χ4n) is 1.27. The van der Waals surface area contributed by atoms with Gasteiger partial charge in [-0.15, -0.1) is 0 Å². The van der Waals surface area contributed by atoms with Crippen molar-refractivity contribution in [3.05, 3.63) is 23.8 Å². The molecule has 0 saturated heterocycles. The highest BCUT2D eigenvalue weighted by molar-refractivity contribution is 5.02. The van der Waals surface area contributed by atoms with Crippen LogP contribution in [0.15, 0.2) is 23.8 Å². The Labute approximate surface area is 88.5 Å². The van der Waals surface area contributed by atoms with Gasteiger partial charge in [0, 0.05) is 6.61 Å². The van der Waals surface area contributed by atoms with E-state index in [1.165, 1.54) is 24.8 Å². The van der Waals surface area contributed by atoms with Crippen molar-refractivity contribution in [3.8, 4) is 0 Å². The van der Waals surface area contributed by atoms with Gasteiger partial charge in [0.15, 0.2) is 0 Å². The molecule has 0 saturated carbocycles. The molecule has 0 aliphatic rings. The molecule has 0 bridgehead atoms. The van der Waals surface area contributed by atoms with E-state index in [1.807, 2.05) is 0 Å². The SMILES string of the molecule is CCCC/C=C\C/C=C(\C)CCCO. The minimum absolute atomic E-state index is 0.303. The van der Waals surface area contributed by atoms with Gasteiger partial charge in [-0.3, -0.25) is 0 Å². The quantitative estimate of drug-likeness (QED) is 0.462. The van der Waals surface area contributed by atoms with Crippen molar-refractivity contribution in [1.82, 2.24) is 0 Å². The Kier molecular flexibility index (Phi) is 10.1. The molecule has 0 radical (unpaired) electrons. The van der Waals surface area contributed by atoms with E-state index in [1.54, 1.807) is 0 Å². The molecule has 0 atom stereocenters. The van der Waals surface area contributed by atoms with Gasteiger partial charge in [0.1, 0.15) is 0 Å². The van der Waals surface area contributed by atoms with Crippen LogP contribution in [0.2, 0.25) is 0 Å². The molecule has 1 heteroatoms. The lowest BCUT2D eigenvalue weighted by Crippen LogP contribution is -1.83. The van der Waals surface area contributed by atoms with Crippen LogP contribution in [0.3, 0.4) is 0 Å². The highest BCUT2D eigenvalue weighted by Crippen LogP contribution is 2.05. The Morgan fingerprint density at radius 3 is 2.64 bits per heavy atom. The third-order valence-electron chi connectivity index (χ3n) is 2.22. The van der Waals surface area contributed by atoms with Gasteiger partial charge in [-0.25, -0.2) is 0 Å². The average molecular weight is 196 g/mol. The lowest BCUT2D eigenvalue weighted by atomic mass is 10.1. The van der Waals surface area contributed by atoms with Crippen LogP contribution in [0.4, 0.5) is 0 Å². The summed E-state index contributed by atoms with van der Waals surface area (Å²) in [5.74, 6) is 0. The van der Waals surface area contributed by atoms with Gasteiger partial charge in [0.2, 0.25) is 0 Å². The zero-order valence-corrected chi connectivity index (χ0v) is 9.63. The predicted molar refractivity (Wildman–Crippen MR) is 63.4 cm³/mol. The van der Waals surface area contributed by atoms with Crippen molar-refractivity contribution >= 4 is 0 Å². The average Bonchev–Trinajstić information content (AvgIpc) is 2.20. The normalized spacial score (nSPS) is 12.6. The van der Waals surface area contributed by atoms with Gasteiger partial charge in [-0.1, -0.05) is 43.6 Å². The molecule has 0 aromatic heterocycles. The fraction of sp³-hybridized carbons (Fsp3) is 0.692. The summed E-state index contributed by atoms with van der Waals surface area (Å²) in [6.07, 6.45) is 13.5. The van der Waals surface area contributed by atoms with Gasteiger partial charge < -0.3 is 5.11 Å². The first-order chi connectivity index (χ1) is 6.81. The first kappa shape index (κ1) is 13.4. The molecule has 1 nitrogen and oxygen atoms in total. The standard InChI is InChI=1S/C13H24O/c1-3-4-5-6-7-8-10-13(2)11-9-12-14/h6-7,10,14H,3-5,8-9,11-12H2,1-2H3/b7-6-,13-10+. The van der Waals surface area contributed by atoms with E-state index in [9.17, 15) is 0 Å². The van der Waals surface area contributed by atoms with E-state index in [0.29, 0.717) is 6.61 Å². The topological polar surface area (TPSA) is 20.2 Å². The van der Waals surface area contributed by atoms with Crippen LogP contribution >= 0.6 is 0 Å². The lowest BCUT2D eigenvalue weighted by Gasteiger charge is -1.97. The van der Waals surface area contributed by atoms with E-state index in [2.05, 4.69) is 32.1 Å². The van der Waals surface area contributed by atoms with Gasteiger partial charge in [0.25, 0.3) is 0 Å². The Morgan fingerprint density at radius 2 is 2.00 bits per heavy atom. The molecule has 0 aromatic rings. The molecule has 0 amide bonds. The Bertz CT molecular complexity index is 168. The molecule has 0 heterocycles. The minimum atomic E-state index is 0.303. The predicted octanol–water partition coefficient (Wildman–Crippen LogP) is 3.84.